The summed E-state index contributed by atoms with van der Waals surface area (Å²) in [4.78, 5) is 34.6. The summed E-state index contributed by atoms with van der Waals surface area (Å²) in [5.74, 6) is -4.00. The Kier molecular flexibility index (Phi) is 8.26. The normalized spacial score (nSPS) is 11.6. The summed E-state index contributed by atoms with van der Waals surface area (Å²) in [6.07, 6.45) is -0.0248. The molecule has 0 saturated heterocycles. The van der Waals surface area contributed by atoms with Crippen LogP contribution in [0, 0.1) is 5.92 Å². The zero-order chi connectivity index (χ0) is 17.3. The number of nitrogens with one attached hydrogen (secondary N) is 1. The van der Waals surface area contributed by atoms with E-state index in [0.717, 1.165) is 6.92 Å². The number of hydrogen-bond donors (Lipinski definition) is 1. The number of amides is 1. The number of benzene rings is 1. The molecule has 1 rings (SSSR count). The Morgan fingerprint density at radius 2 is 1.59 bits per heavy atom. The van der Waals surface area contributed by atoms with Gasteiger partial charge in [0.05, 0.1) is 4.90 Å². The van der Waals surface area contributed by atoms with Crippen LogP contribution in [0.3, 0.4) is 0 Å². The maximum absolute atomic E-state index is 11.9. The maximum atomic E-state index is 11.9. The van der Waals surface area contributed by atoms with Crippen molar-refractivity contribution in [3.63, 3.8) is 0 Å². The quantitative estimate of drug-likeness (QED) is 0.802. The first-order valence-electron chi connectivity index (χ1n) is 6.94. The number of carbonyl (C=O) groups is 3. The largest absolute Gasteiger partial charge is 0.299 e. The molecule has 0 bridgehead atoms. The highest BCUT2D eigenvalue weighted by atomic mass is 32.2. The fourth-order valence-corrected chi connectivity index (χ4v) is 2.63. The van der Waals surface area contributed by atoms with Gasteiger partial charge in [0.1, 0.15) is 5.78 Å². The Labute approximate surface area is 131 Å². The molecule has 1 unspecified atom stereocenters. The van der Waals surface area contributed by atoms with Gasteiger partial charge in [0.2, 0.25) is 0 Å². The molecular weight excluding hydrogens is 306 g/mol. The lowest BCUT2D eigenvalue weighted by molar-refractivity contribution is -0.139. The van der Waals surface area contributed by atoms with Crippen molar-refractivity contribution in [3.8, 4) is 0 Å². The summed E-state index contributed by atoms with van der Waals surface area (Å²) in [5, 5.41) is 0. The van der Waals surface area contributed by atoms with Gasteiger partial charge in [0.25, 0.3) is 15.9 Å². The van der Waals surface area contributed by atoms with E-state index in [2.05, 4.69) is 0 Å². The third-order valence-corrected chi connectivity index (χ3v) is 3.99. The van der Waals surface area contributed by atoms with Crippen molar-refractivity contribution < 1.29 is 22.8 Å². The van der Waals surface area contributed by atoms with E-state index in [-0.39, 0.29) is 11.3 Å². The average molecular weight is 327 g/mol. The Balaban J connectivity index is 0.00000211. The first-order valence-corrected chi connectivity index (χ1v) is 8.42. The van der Waals surface area contributed by atoms with Gasteiger partial charge in [-0.3, -0.25) is 14.4 Å². The van der Waals surface area contributed by atoms with Gasteiger partial charge >= 0.3 is 0 Å². The van der Waals surface area contributed by atoms with Gasteiger partial charge in [0, 0.05) is 6.42 Å². The number of ketones is 2. The molecule has 0 spiro atoms. The van der Waals surface area contributed by atoms with Crippen LogP contribution in [0.2, 0.25) is 0 Å². The van der Waals surface area contributed by atoms with Crippen molar-refractivity contribution in [3.05, 3.63) is 30.3 Å². The monoisotopic (exact) mass is 327 g/mol. The van der Waals surface area contributed by atoms with Crippen LogP contribution in [0.15, 0.2) is 35.2 Å². The number of hydrogen-bond acceptors (Lipinski definition) is 5. The number of Topliss-reactive ketones (excluding diaryl/α,β-unsaturated/α-hetero) is 2. The number of carbonyl (C=O) groups excluding carboxylic acids is 3. The fraction of sp³-hybridized carbons (Fsp3) is 0.400. The van der Waals surface area contributed by atoms with Gasteiger partial charge in [-0.05, 0) is 19.1 Å². The topological polar surface area (TPSA) is 97.4 Å². The SMILES string of the molecule is CC.CCC(=O)C(C(C)=O)C(=O)NS(=O)(=O)c1ccccc1. The minimum atomic E-state index is -4.08. The molecule has 0 fully saturated rings. The van der Waals surface area contributed by atoms with Crippen LogP contribution in [0.25, 0.3) is 0 Å². The molecule has 122 valence electrons. The summed E-state index contributed by atoms with van der Waals surface area (Å²) >= 11 is 0. The van der Waals surface area contributed by atoms with Gasteiger partial charge in [-0.2, -0.15) is 0 Å². The molecular formula is C15H21NO5S. The van der Waals surface area contributed by atoms with Crippen molar-refractivity contribution in [2.45, 2.75) is 39.0 Å². The van der Waals surface area contributed by atoms with Gasteiger partial charge in [-0.15, -0.1) is 0 Å². The lowest BCUT2D eigenvalue weighted by Gasteiger charge is -2.12. The number of rotatable bonds is 6. The second kappa shape index (κ2) is 9.09. The highest BCUT2D eigenvalue weighted by Gasteiger charge is 2.32. The van der Waals surface area contributed by atoms with Crippen LogP contribution in [0.5, 0.6) is 0 Å². The van der Waals surface area contributed by atoms with E-state index in [1.54, 1.807) is 10.8 Å². The maximum Gasteiger partial charge on any atom is 0.264 e. The van der Waals surface area contributed by atoms with Crippen LogP contribution >= 0.6 is 0 Å². The molecule has 1 atom stereocenters. The van der Waals surface area contributed by atoms with Gasteiger partial charge < -0.3 is 0 Å². The summed E-state index contributed by atoms with van der Waals surface area (Å²) in [6, 6.07) is 7.23. The van der Waals surface area contributed by atoms with Crippen LogP contribution < -0.4 is 4.72 Å². The molecule has 1 amide bonds. The van der Waals surface area contributed by atoms with Gasteiger partial charge in [-0.25, -0.2) is 13.1 Å². The Morgan fingerprint density at radius 3 is 2.00 bits per heavy atom. The second-order valence-corrected chi connectivity index (χ2v) is 5.83. The van der Waals surface area contributed by atoms with Crippen LogP contribution in [-0.2, 0) is 24.4 Å². The molecule has 0 aliphatic heterocycles. The van der Waals surface area contributed by atoms with E-state index < -0.39 is 33.4 Å². The summed E-state index contributed by atoms with van der Waals surface area (Å²) in [7, 11) is -4.08. The lowest BCUT2D eigenvalue weighted by atomic mass is 9.98. The molecule has 0 aliphatic carbocycles. The zero-order valence-electron chi connectivity index (χ0n) is 13.1. The smallest absolute Gasteiger partial charge is 0.264 e. The number of sulfonamides is 1. The Bertz CT molecular complexity index is 623. The van der Waals surface area contributed by atoms with Gasteiger partial charge in [0.15, 0.2) is 11.7 Å². The lowest BCUT2D eigenvalue weighted by Crippen LogP contribution is -2.42. The first-order chi connectivity index (χ1) is 10.3. The summed E-state index contributed by atoms with van der Waals surface area (Å²) in [6.45, 7) is 6.57. The third kappa shape index (κ3) is 5.40. The summed E-state index contributed by atoms with van der Waals surface area (Å²) in [5.41, 5.74) is 0. The zero-order valence-corrected chi connectivity index (χ0v) is 13.9. The average Bonchev–Trinajstić information content (AvgIpc) is 2.49. The predicted octanol–water partition coefficient (Wildman–Crippen LogP) is 1.70. The highest BCUT2D eigenvalue weighted by Crippen LogP contribution is 2.10. The molecule has 6 nitrogen and oxygen atoms in total. The predicted molar refractivity (Wildman–Crippen MR) is 82.6 cm³/mol. The molecule has 1 aromatic rings. The molecule has 0 aromatic heterocycles. The molecule has 0 saturated carbocycles. The minimum absolute atomic E-state index is 0.0248. The van der Waals surface area contributed by atoms with Crippen molar-refractivity contribution in [1.29, 1.82) is 0 Å². The van der Waals surface area contributed by atoms with E-state index in [4.69, 9.17) is 0 Å². The molecule has 0 aliphatic rings. The van der Waals surface area contributed by atoms with Crippen LogP contribution in [-0.4, -0.2) is 25.9 Å². The highest BCUT2D eigenvalue weighted by molar-refractivity contribution is 7.90. The van der Waals surface area contributed by atoms with Crippen molar-refractivity contribution in [2.75, 3.05) is 0 Å². The fourth-order valence-electron chi connectivity index (χ4n) is 1.61. The van der Waals surface area contributed by atoms with Gasteiger partial charge in [-0.1, -0.05) is 39.0 Å². The standard InChI is InChI=1S/C13H15NO5S.C2H6/c1-3-11(16)12(9(2)15)13(17)14-20(18,19)10-7-5-4-6-8-10;1-2/h4-8,12H,3H2,1-2H3,(H,14,17);1-2H3. The van der Waals surface area contributed by atoms with E-state index >= 15 is 0 Å². The van der Waals surface area contributed by atoms with E-state index in [9.17, 15) is 22.8 Å². The minimum Gasteiger partial charge on any atom is -0.299 e. The summed E-state index contributed by atoms with van der Waals surface area (Å²) < 4.78 is 25.6. The molecule has 1 N–H and O–H groups in total. The molecule has 0 radical (unpaired) electrons. The van der Waals surface area contributed by atoms with E-state index in [1.165, 1.54) is 31.2 Å². The molecule has 1 aromatic carbocycles. The van der Waals surface area contributed by atoms with E-state index in [0.29, 0.717) is 0 Å². The van der Waals surface area contributed by atoms with Crippen LogP contribution in [0.1, 0.15) is 34.1 Å². The first kappa shape index (κ1) is 20.0. The molecule has 7 heteroatoms. The third-order valence-electron chi connectivity index (χ3n) is 2.63. The van der Waals surface area contributed by atoms with Crippen molar-refractivity contribution in [2.24, 2.45) is 5.92 Å². The van der Waals surface area contributed by atoms with E-state index in [1.807, 2.05) is 13.8 Å². The second-order valence-electron chi connectivity index (χ2n) is 4.15. The molecule has 0 heterocycles. The van der Waals surface area contributed by atoms with Crippen molar-refractivity contribution in [1.82, 2.24) is 4.72 Å². The van der Waals surface area contributed by atoms with Crippen molar-refractivity contribution >= 4 is 27.5 Å². The molecule has 22 heavy (non-hydrogen) atoms. The van der Waals surface area contributed by atoms with Crippen LogP contribution in [0.4, 0.5) is 0 Å². The Morgan fingerprint density at radius 1 is 1.09 bits per heavy atom. The Hall–Kier alpha value is -2.02.